The third-order valence-electron chi connectivity index (χ3n) is 2.72. The molecule has 1 heterocycles. The van der Waals surface area contributed by atoms with E-state index in [-0.39, 0.29) is 5.91 Å². The fourth-order valence-electron chi connectivity index (χ4n) is 1.80. The molecule has 18 heavy (non-hydrogen) atoms. The average molecular weight is 237 g/mol. The van der Waals surface area contributed by atoms with Gasteiger partial charge in [0.25, 0.3) is 5.91 Å². The van der Waals surface area contributed by atoms with Gasteiger partial charge in [-0.05, 0) is 30.3 Å². The van der Waals surface area contributed by atoms with Crippen LogP contribution in [0.2, 0.25) is 0 Å². The van der Waals surface area contributed by atoms with Crippen molar-refractivity contribution in [2.24, 2.45) is 0 Å². The van der Waals surface area contributed by atoms with Gasteiger partial charge in [-0.25, -0.2) is 4.98 Å². The number of nitrogens with one attached hydrogen (secondary N) is 2. The lowest BCUT2D eigenvalue weighted by Crippen LogP contribution is -2.11. The first-order chi connectivity index (χ1) is 8.83. The van der Waals surface area contributed by atoms with Crippen LogP contribution in [0, 0.1) is 0 Å². The molecular formula is C14H11N3O. The summed E-state index contributed by atoms with van der Waals surface area (Å²) in [7, 11) is 0. The minimum atomic E-state index is -0.133. The number of rotatable bonds is 2. The Hall–Kier alpha value is -2.62. The molecule has 1 aromatic heterocycles. The summed E-state index contributed by atoms with van der Waals surface area (Å²) < 4.78 is 0. The number of benzene rings is 2. The number of amides is 1. The molecule has 0 fully saturated rings. The van der Waals surface area contributed by atoms with Gasteiger partial charge < -0.3 is 10.3 Å². The third kappa shape index (κ3) is 1.96. The lowest BCUT2D eigenvalue weighted by molar-refractivity contribution is 0.102. The summed E-state index contributed by atoms with van der Waals surface area (Å²) >= 11 is 0. The van der Waals surface area contributed by atoms with Crippen molar-refractivity contribution in [1.29, 1.82) is 0 Å². The fourth-order valence-corrected chi connectivity index (χ4v) is 1.80. The van der Waals surface area contributed by atoms with E-state index in [1.807, 2.05) is 36.4 Å². The van der Waals surface area contributed by atoms with Crippen LogP contribution in [0.15, 0.2) is 54.9 Å². The van der Waals surface area contributed by atoms with Crippen LogP contribution in [0.25, 0.3) is 11.0 Å². The highest BCUT2D eigenvalue weighted by Gasteiger charge is 2.07. The molecule has 2 N–H and O–H groups in total. The number of anilines is 1. The Morgan fingerprint density at radius 2 is 1.94 bits per heavy atom. The van der Waals surface area contributed by atoms with Gasteiger partial charge in [0.05, 0.1) is 17.4 Å². The maximum atomic E-state index is 12.0. The number of imidazole rings is 1. The number of carbonyl (C=O) groups is 1. The van der Waals surface area contributed by atoms with Gasteiger partial charge in [0.15, 0.2) is 0 Å². The highest BCUT2D eigenvalue weighted by molar-refractivity contribution is 6.05. The van der Waals surface area contributed by atoms with Crippen LogP contribution in [0.5, 0.6) is 0 Å². The number of fused-ring (bicyclic) bond motifs is 1. The molecule has 0 atom stereocenters. The zero-order chi connectivity index (χ0) is 12.4. The van der Waals surface area contributed by atoms with Gasteiger partial charge in [0.2, 0.25) is 0 Å². The first-order valence-corrected chi connectivity index (χ1v) is 5.62. The molecule has 4 nitrogen and oxygen atoms in total. The number of aromatic nitrogens is 2. The molecule has 3 rings (SSSR count). The zero-order valence-corrected chi connectivity index (χ0v) is 9.55. The van der Waals surface area contributed by atoms with Crippen molar-refractivity contribution in [2.75, 3.05) is 5.32 Å². The van der Waals surface area contributed by atoms with Gasteiger partial charge in [-0.1, -0.05) is 18.2 Å². The maximum Gasteiger partial charge on any atom is 0.255 e. The molecule has 3 aromatic rings. The second kappa shape index (κ2) is 4.33. The predicted octanol–water partition coefficient (Wildman–Crippen LogP) is 2.82. The van der Waals surface area contributed by atoms with Crippen LogP contribution in [-0.4, -0.2) is 15.9 Å². The summed E-state index contributed by atoms with van der Waals surface area (Å²) in [6.45, 7) is 0. The molecule has 0 saturated carbocycles. The minimum Gasteiger partial charge on any atom is -0.345 e. The zero-order valence-electron chi connectivity index (χ0n) is 9.55. The van der Waals surface area contributed by atoms with Crippen molar-refractivity contribution in [3.8, 4) is 0 Å². The van der Waals surface area contributed by atoms with E-state index in [0.717, 1.165) is 16.7 Å². The van der Waals surface area contributed by atoms with Crippen molar-refractivity contribution in [3.05, 3.63) is 60.4 Å². The smallest absolute Gasteiger partial charge is 0.255 e. The van der Waals surface area contributed by atoms with E-state index in [0.29, 0.717) is 5.56 Å². The Morgan fingerprint density at radius 1 is 1.11 bits per heavy atom. The molecule has 0 saturated heterocycles. The molecule has 2 aromatic carbocycles. The van der Waals surface area contributed by atoms with E-state index < -0.39 is 0 Å². The van der Waals surface area contributed by atoms with Crippen molar-refractivity contribution in [2.45, 2.75) is 0 Å². The lowest BCUT2D eigenvalue weighted by Gasteiger charge is -2.04. The van der Waals surface area contributed by atoms with Gasteiger partial charge in [0, 0.05) is 11.3 Å². The molecule has 0 bridgehead atoms. The van der Waals surface area contributed by atoms with Gasteiger partial charge in [-0.2, -0.15) is 0 Å². The Labute approximate surface area is 104 Å². The Bertz CT molecular complexity index is 688. The quantitative estimate of drug-likeness (QED) is 0.720. The standard InChI is InChI=1S/C14H11N3O/c18-14(17-11-4-2-1-3-5-11)10-6-7-12-13(8-10)16-9-15-12/h1-9H,(H,15,16)(H,17,18). The highest BCUT2D eigenvalue weighted by atomic mass is 16.1. The normalized spacial score (nSPS) is 10.4. The van der Waals surface area contributed by atoms with Crippen LogP contribution in [0.3, 0.4) is 0 Å². The molecule has 0 unspecified atom stereocenters. The lowest BCUT2D eigenvalue weighted by atomic mass is 10.2. The summed E-state index contributed by atoms with van der Waals surface area (Å²) in [5.41, 5.74) is 3.09. The largest absolute Gasteiger partial charge is 0.345 e. The predicted molar refractivity (Wildman–Crippen MR) is 70.5 cm³/mol. The molecule has 0 spiro atoms. The molecular weight excluding hydrogens is 226 g/mol. The van der Waals surface area contributed by atoms with Crippen LogP contribution < -0.4 is 5.32 Å². The third-order valence-corrected chi connectivity index (χ3v) is 2.72. The Morgan fingerprint density at radius 3 is 2.78 bits per heavy atom. The number of aromatic amines is 1. The van der Waals surface area contributed by atoms with E-state index in [4.69, 9.17) is 0 Å². The summed E-state index contributed by atoms with van der Waals surface area (Å²) in [4.78, 5) is 19.2. The average Bonchev–Trinajstić information content (AvgIpc) is 2.87. The monoisotopic (exact) mass is 237 g/mol. The van der Waals surface area contributed by atoms with Crippen LogP contribution in [0.1, 0.15) is 10.4 Å². The SMILES string of the molecule is O=C(Nc1ccccc1)c1ccc2[nH]cnc2c1. The summed E-state index contributed by atoms with van der Waals surface area (Å²) in [6.07, 6.45) is 1.61. The van der Waals surface area contributed by atoms with Gasteiger partial charge >= 0.3 is 0 Å². The number of H-pyrrole nitrogens is 1. The van der Waals surface area contributed by atoms with Crippen LogP contribution >= 0.6 is 0 Å². The molecule has 0 aliphatic carbocycles. The first-order valence-electron chi connectivity index (χ1n) is 5.62. The fraction of sp³-hybridized carbons (Fsp3) is 0. The number of hydrogen-bond donors (Lipinski definition) is 2. The number of hydrogen-bond acceptors (Lipinski definition) is 2. The second-order valence-electron chi connectivity index (χ2n) is 3.95. The molecule has 1 amide bonds. The Kier molecular flexibility index (Phi) is 2.53. The van der Waals surface area contributed by atoms with Gasteiger partial charge in [-0.15, -0.1) is 0 Å². The van der Waals surface area contributed by atoms with Crippen molar-refractivity contribution < 1.29 is 4.79 Å². The van der Waals surface area contributed by atoms with E-state index in [2.05, 4.69) is 15.3 Å². The minimum absolute atomic E-state index is 0.133. The molecule has 0 aliphatic rings. The maximum absolute atomic E-state index is 12.0. The molecule has 0 radical (unpaired) electrons. The Balaban J connectivity index is 1.87. The summed E-state index contributed by atoms with van der Waals surface area (Å²) in [5, 5.41) is 2.84. The number of nitrogens with zero attached hydrogens (tertiary/aromatic N) is 1. The first kappa shape index (κ1) is 10.5. The molecule has 4 heteroatoms. The van der Waals surface area contributed by atoms with Crippen molar-refractivity contribution >= 4 is 22.6 Å². The number of para-hydroxylation sites is 1. The van der Waals surface area contributed by atoms with E-state index >= 15 is 0 Å². The van der Waals surface area contributed by atoms with Crippen molar-refractivity contribution in [3.63, 3.8) is 0 Å². The molecule has 0 aliphatic heterocycles. The van der Waals surface area contributed by atoms with Crippen LogP contribution in [-0.2, 0) is 0 Å². The summed E-state index contributed by atoms with van der Waals surface area (Å²) in [6, 6.07) is 14.8. The van der Waals surface area contributed by atoms with E-state index in [1.165, 1.54) is 0 Å². The van der Waals surface area contributed by atoms with Gasteiger partial charge in [0.1, 0.15) is 0 Å². The second-order valence-corrected chi connectivity index (χ2v) is 3.95. The van der Waals surface area contributed by atoms with Crippen LogP contribution in [0.4, 0.5) is 5.69 Å². The number of carbonyl (C=O) groups excluding carboxylic acids is 1. The topological polar surface area (TPSA) is 57.8 Å². The van der Waals surface area contributed by atoms with Crippen molar-refractivity contribution in [1.82, 2.24) is 9.97 Å². The van der Waals surface area contributed by atoms with Gasteiger partial charge in [-0.3, -0.25) is 4.79 Å². The highest BCUT2D eigenvalue weighted by Crippen LogP contribution is 2.13. The van der Waals surface area contributed by atoms with E-state index in [1.54, 1.807) is 18.5 Å². The molecule has 88 valence electrons. The summed E-state index contributed by atoms with van der Waals surface area (Å²) in [5.74, 6) is -0.133. The van der Waals surface area contributed by atoms with E-state index in [9.17, 15) is 4.79 Å².